The number of hydrogen-bond donors (Lipinski definition) is 0. The predicted molar refractivity (Wildman–Crippen MR) is 153 cm³/mol. The Morgan fingerprint density at radius 2 is 1.20 bits per heavy atom. The molecular formula is C32H50O8. The molecule has 40 heavy (non-hydrogen) atoms. The summed E-state index contributed by atoms with van der Waals surface area (Å²) in [6.07, 6.45) is 11.7. The van der Waals surface area contributed by atoms with E-state index in [-0.39, 0.29) is 24.6 Å². The van der Waals surface area contributed by atoms with E-state index in [2.05, 4.69) is 6.92 Å². The van der Waals surface area contributed by atoms with Crippen molar-refractivity contribution in [2.24, 2.45) is 17.8 Å². The zero-order valence-electron chi connectivity index (χ0n) is 24.6. The van der Waals surface area contributed by atoms with Crippen molar-refractivity contribution >= 4 is 11.9 Å². The summed E-state index contributed by atoms with van der Waals surface area (Å²) in [5, 5.41) is 0. The molecule has 2 aliphatic rings. The molecule has 2 saturated carbocycles. The molecule has 0 bridgehead atoms. The van der Waals surface area contributed by atoms with Crippen molar-refractivity contribution in [3.63, 3.8) is 0 Å². The van der Waals surface area contributed by atoms with E-state index in [1.807, 2.05) is 0 Å². The SMILES string of the molecule is CCC(=O)OCCOCCOCCOCCOc1ccc(C(=O)OC2CCC(C3CCC(CC)CC3)CC2)cc1. The normalized spacial score (nSPS) is 22.9. The molecule has 0 saturated heterocycles. The number of carbonyl (C=O) groups excluding carboxylic acids is 2. The molecule has 2 aliphatic carbocycles. The minimum absolute atomic E-state index is 0.0393. The molecule has 0 aromatic heterocycles. The van der Waals surface area contributed by atoms with E-state index < -0.39 is 0 Å². The molecule has 0 atom stereocenters. The van der Waals surface area contributed by atoms with Gasteiger partial charge in [-0.1, -0.05) is 33.1 Å². The summed E-state index contributed by atoms with van der Waals surface area (Å²) in [5.74, 6) is 2.87. The van der Waals surface area contributed by atoms with Gasteiger partial charge in [0, 0.05) is 6.42 Å². The van der Waals surface area contributed by atoms with Gasteiger partial charge >= 0.3 is 11.9 Å². The van der Waals surface area contributed by atoms with Crippen LogP contribution >= 0.6 is 0 Å². The number of esters is 2. The Balaban J connectivity index is 1.18. The van der Waals surface area contributed by atoms with E-state index in [1.54, 1.807) is 31.2 Å². The van der Waals surface area contributed by atoms with Crippen molar-refractivity contribution in [3.05, 3.63) is 29.8 Å². The lowest BCUT2D eigenvalue weighted by molar-refractivity contribution is -0.144. The number of ether oxygens (including phenoxy) is 6. The average molecular weight is 563 g/mol. The Hall–Kier alpha value is -2.16. The molecule has 0 amide bonds. The van der Waals surface area contributed by atoms with Crippen LogP contribution in [0.2, 0.25) is 0 Å². The van der Waals surface area contributed by atoms with Crippen LogP contribution in [0, 0.1) is 17.8 Å². The van der Waals surface area contributed by atoms with E-state index in [9.17, 15) is 9.59 Å². The van der Waals surface area contributed by atoms with Crippen LogP contribution in [-0.4, -0.2) is 70.9 Å². The summed E-state index contributed by atoms with van der Waals surface area (Å²) in [6.45, 7) is 7.38. The van der Waals surface area contributed by atoms with Gasteiger partial charge in [0.05, 0.1) is 45.2 Å². The van der Waals surface area contributed by atoms with E-state index in [0.717, 1.165) is 30.6 Å². The first-order valence-electron chi connectivity index (χ1n) is 15.4. The van der Waals surface area contributed by atoms with E-state index in [0.29, 0.717) is 64.0 Å². The molecule has 1 aromatic carbocycles. The zero-order valence-corrected chi connectivity index (χ0v) is 24.6. The van der Waals surface area contributed by atoms with Crippen molar-refractivity contribution in [1.82, 2.24) is 0 Å². The Bertz CT molecular complexity index is 826. The quantitative estimate of drug-likeness (QED) is 0.159. The number of benzene rings is 1. The van der Waals surface area contributed by atoms with Crippen LogP contribution in [0.1, 0.15) is 88.4 Å². The second-order valence-electron chi connectivity index (χ2n) is 10.9. The van der Waals surface area contributed by atoms with Gasteiger partial charge in [0.25, 0.3) is 0 Å². The highest BCUT2D eigenvalue weighted by Crippen LogP contribution is 2.41. The third kappa shape index (κ3) is 12.1. The van der Waals surface area contributed by atoms with Crippen molar-refractivity contribution in [2.75, 3.05) is 52.9 Å². The fourth-order valence-corrected chi connectivity index (χ4v) is 5.73. The lowest BCUT2D eigenvalue weighted by Crippen LogP contribution is -2.29. The van der Waals surface area contributed by atoms with Crippen molar-refractivity contribution in [2.45, 2.75) is 84.2 Å². The first kappa shape index (κ1) is 32.4. The monoisotopic (exact) mass is 562 g/mol. The van der Waals surface area contributed by atoms with E-state index in [4.69, 9.17) is 28.4 Å². The van der Waals surface area contributed by atoms with Gasteiger partial charge in [-0.3, -0.25) is 4.79 Å². The lowest BCUT2D eigenvalue weighted by atomic mass is 9.70. The third-order valence-electron chi connectivity index (χ3n) is 8.24. The summed E-state index contributed by atoms with van der Waals surface area (Å²) in [4.78, 5) is 23.7. The Morgan fingerprint density at radius 1 is 0.675 bits per heavy atom. The van der Waals surface area contributed by atoms with Gasteiger partial charge in [-0.15, -0.1) is 0 Å². The first-order chi connectivity index (χ1) is 19.6. The third-order valence-corrected chi connectivity index (χ3v) is 8.24. The molecule has 8 nitrogen and oxygen atoms in total. The Labute approximate surface area is 240 Å². The largest absolute Gasteiger partial charge is 0.491 e. The molecular weight excluding hydrogens is 512 g/mol. The van der Waals surface area contributed by atoms with Crippen LogP contribution in [-0.2, 0) is 28.5 Å². The Kier molecular flexibility index (Phi) is 15.4. The highest BCUT2D eigenvalue weighted by atomic mass is 16.6. The van der Waals surface area contributed by atoms with Crippen LogP contribution in [0.4, 0.5) is 0 Å². The highest BCUT2D eigenvalue weighted by molar-refractivity contribution is 5.89. The summed E-state index contributed by atoms with van der Waals surface area (Å²) in [7, 11) is 0. The van der Waals surface area contributed by atoms with Crippen LogP contribution in [0.15, 0.2) is 24.3 Å². The minimum Gasteiger partial charge on any atom is -0.491 e. The summed E-state index contributed by atoms with van der Waals surface area (Å²) < 4.78 is 32.7. The second kappa shape index (κ2) is 19.1. The van der Waals surface area contributed by atoms with Gasteiger partial charge in [0.1, 0.15) is 25.1 Å². The molecule has 0 unspecified atom stereocenters. The molecule has 0 N–H and O–H groups in total. The molecule has 1 aromatic rings. The molecule has 2 fully saturated rings. The van der Waals surface area contributed by atoms with Gasteiger partial charge in [-0.2, -0.15) is 0 Å². The highest BCUT2D eigenvalue weighted by Gasteiger charge is 2.31. The van der Waals surface area contributed by atoms with Gasteiger partial charge in [-0.25, -0.2) is 4.79 Å². The maximum atomic E-state index is 12.7. The molecule has 3 rings (SSSR count). The number of hydrogen-bond acceptors (Lipinski definition) is 8. The van der Waals surface area contributed by atoms with Crippen molar-refractivity contribution in [3.8, 4) is 5.75 Å². The Morgan fingerprint density at radius 3 is 1.75 bits per heavy atom. The smallest absolute Gasteiger partial charge is 0.338 e. The summed E-state index contributed by atoms with van der Waals surface area (Å²) >= 11 is 0. The zero-order chi connectivity index (χ0) is 28.4. The fourth-order valence-electron chi connectivity index (χ4n) is 5.73. The molecule has 0 radical (unpaired) electrons. The van der Waals surface area contributed by atoms with Crippen molar-refractivity contribution < 1.29 is 38.0 Å². The molecule has 226 valence electrons. The van der Waals surface area contributed by atoms with Gasteiger partial charge in [-0.05, 0) is 80.5 Å². The average Bonchev–Trinajstić information content (AvgIpc) is 3.00. The summed E-state index contributed by atoms with van der Waals surface area (Å²) in [5.41, 5.74) is 0.562. The molecule has 0 spiro atoms. The van der Waals surface area contributed by atoms with Crippen LogP contribution < -0.4 is 4.74 Å². The standard InChI is InChI=1S/C32H50O8/c1-3-25-5-7-26(8-6-25)27-9-15-30(16-10-27)40-32(34)28-11-13-29(14-12-28)38-23-21-36-19-17-35-18-20-37-22-24-39-31(33)4-2/h11-14,25-27,30H,3-10,15-24H2,1-2H3. The molecule has 8 heteroatoms. The molecule has 0 aliphatic heterocycles. The lowest BCUT2D eigenvalue weighted by Gasteiger charge is -2.37. The second-order valence-corrected chi connectivity index (χ2v) is 10.9. The minimum atomic E-state index is -0.243. The fraction of sp³-hybridized carbons (Fsp3) is 0.750. The van der Waals surface area contributed by atoms with E-state index in [1.165, 1.54) is 44.9 Å². The van der Waals surface area contributed by atoms with E-state index >= 15 is 0 Å². The number of carbonyl (C=O) groups is 2. The topological polar surface area (TPSA) is 89.5 Å². The number of rotatable bonds is 18. The maximum absolute atomic E-state index is 12.7. The van der Waals surface area contributed by atoms with Gasteiger partial charge < -0.3 is 28.4 Å². The van der Waals surface area contributed by atoms with Crippen LogP contribution in [0.25, 0.3) is 0 Å². The molecule has 0 heterocycles. The van der Waals surface area contributed by atoms with Crippen LogP contribution in [0.3, 0.4) is 0 Å². The first-order valence-corrected chi connectivity index (χ1v) is 15.4. The van der Waals surface area contributed by atoms with Gasteiger partial charge in [0.2, 0.25) is 0 Å². The van der Waals surface area contributed by atoms with Crippen LogP contribution in [0.5, 0.6) is 5.75 Å². The maximum Gasteiger partial charge on any atom is 0.338 e. The predicted octanol–water partition coefficient (Wildman–Crippen LogP) is 6.00. The van der Waals surface area contributed by atoms with Gasteiger partial charge in [0.15, 0.2) is 0 Å². The summed E-state index contributed by atoms with van der Waals surface area (Å²) in [6, 6.07) is 7.12. The van der Waals surface area contributed by atoms with Crippen molar-refractivity contribution in [1.29, 1.82) is 0 Å².